The smallest absolute Gasteiger partial charge is 0.254 e. The minimum atomic E-state index is -0.822. The Morgan fingerprint density at radius 2 is 1.86 bits per heavy atom. The van der Waals surface area contributed by atoms with Crippen molar-refractivity contribution >= 4 is 11.8 Å². The van der Waals surface area contributed by atoms with Crippen LogP contribution in [-0.2, 0) is 4.79 Å². The molecular weight excluding hydrogens is 360 g/mol. The Morgan fingerprint density at radius 3 is 2.61 bits per heavy atom. The Hall–Kier alpha value is -3.06. The van der Waals surface area contributed by atoms with E-state index in [1.807, 2.05) is 30.3 Å². The number of ether oxygens (including phenoxy) is 2. The molecular formula is C21H24N2O5. The summed E-state index contributed by atoms with van der Waals surface area (Å²) in [5, 5.41) is 10.3. The normalized spacial score (nSPS) is 17.2. The van der Waals surface area contributed by atoms with Gasteiger partial charge in [0, 0.05) is 18.7 Å². The van der Waals surface area contributed by atoms with Gasteiger partial charge in [0.15, 0.2) is 0 Å². The van der Waals surface area contributed by atoms with Gasteiger partial charge in [-0.05, 0) is 30.3 Å². The van der Waals surface area contributed by atoms with Gasteiger partial charge >= 0.3 is 0 Å². The quantitative estimate of drug-likeness (QED) is 0.815. The van der Waals surface area contributed by atoms with Gasteiger partial charge in [-0.3, -0.25) is 9.59 Å². The van der Waals surface area contributed by atoms with Crippen molar-refractivity contribution in [2.24, 2.45) is 0 Å². The number of nitrogens with zero attached hydrogens (tertiary/aromatic N) is 2. The molecule has 2 aromatic carbocycles. The number of benzene rings is 2. The molecule has 3 rings (SSSR count). The molecule has 1 heterocycles. The van der Waals surface area contributed by atoms with Gasteiger partial charge in [-0.25, -0.2) is 0 Å². The van der Waals surface area contributed by atoms with E-state index in [1.165, 1.54) is 16.9 Å². The fourth-order valence-corrected chi connectivity index (χ4v) is 3.10. The first kappa shape index (κ1) is 19.7. The van der Waals surface area contributed by atoms with Crippen molar-refractivity contribution in [3.05, 3.63) is 60.2 Å². The van der Waals surface area contributed by atoms with E-state index in [0.29, 0.717) is 24.5 Å². The fourth-order valence-electron chi connectivity index (χ4n) is 3.10. The van der Waals surface area contributed by atoms with E-state index in [0.717, 1.165) is 5.75 Å². The molecule has 1 N–H and O–H groups in total. The summed E-state index contributed by atoms with van der Waals surface area (Å²) >= 11 is 0. The summed E-state index contributed by atoms with van der Waals surface area (Å²) in [5.41, 5.74) is 0.417. The molecule has 0 radical (unpaired) electrons. The molecule has 1 fully saturated rings. The lowest BCUT2D eigenvalue weighted by Gasteiger charge is -2.22. The molecule has 2 aromatic rings. The van der Waals surface area contributed by atoms with Gasteiger partial charge in [0.05, 0.1) is 19.8 Å². The van der Waals surface area contributed by atoms with Crippen LogP contribution in [0.4, 0.5) is 0 Å². The number of β-amino-alcohol motifs (C(OH)–C–C–N with tert-alkyl or cyclic N) is 1. The van der Waals surface area contributed by atoms with Crippen molar-refractivity contribution in [2.75, 3.05) is 39.9 Å². The lowest BCUT2D eigenvalue weighted by molar-refractivity contribution is -0.131. The number of hydrogen-bond acceptors (Lipinski definition) is 5. The van der Waals surface area contributed by atoms with Gasteiger partial charge in [0.2, 0.25) is 5.91 Å². The SMILES string of the molecule is COc1cccc(C(=O)N2CC(=O)N(CCOc3ccccc3)CC(O)C2)c1. The fraction of sp³-hybridized carbons (Fsp3) is 0.333. The Kier molecular flexibility index (Phi) is 6.49. The van der Waals surface area contributed by atoms with Crippen LogP contribution < -0.4 is 9.47 Å². The van der Waals surface area contributed by atoms with Crippen LogP contribution >= 0.6 is 0 Å². The largest absolute Gasteiger partial charge is 0.497 e. The van der Waals surface area contributed by atoms with Gasteiger partial charge in [0.1, 0.15) is 24.7 Å². The Labute approximate surface area is 164 Å². The molecule has 7 heteroatoms. The summed E-state index contributed by atoms with van der Waals surface area (Å²) in [4.78, 5) is 28.3. The summed E-state index contributed by atoms with van der Waals surface area (Å²) in [6.45, 7) is 0.827. The first-order chi connectivity index (χ1) is 13.6. The molecule has 1 aliphatic rings. The van der Waals surface area contributed by atoms with Crippen LogP contribution in [0, 0.1) is 0 Å². The van der Waals surface area contributed by atoms with Crippen molar-refractivity contribution in [1.29, 1.82) is 0 Å². The minimum Gasteiger partial charge on any atom is -0.497 e. The van der Waals surface area contributed by atoms with E-state index < -0.39 is 6.10 Å². The van der Waals surface area contributed by atoms with Gasteiger partial charge in [-0.1, -0.05) is 24.3 Å². The van der Waals surface area contributed by atoms with Crippen molar-refractivity contribution < 1.29 is 24.2 Å². The maximum atomic E-state index is 12.8. The summed E-state index contributed by atoms with van der Waals surface area (Å²) in [5.74, 6) is 0.755. The topological polar surface area (TPSA) is 79.3 Å². The van der Waals surface area contributed by atoms with Gasteiger partial charge in [-0.2, -0.15) is 0 Å². The first-order valence-electron chi connectivity index (χ1n) is 9.14. The van der Waals surface area contributed by atoms with Crippen LogP contribution in [0.1, 0.15) is 10.4 Å². The molecule has 0 spiro atoms. The Balaban J connectivity index is 1.61. The van der Waals surface area contributed by atoms with Crippen molar-refractivity contribution in [1.82, 2.24) is 9.80 Å². The highest BCUT2D eigenvalue weighted by molar-refractivity contribution is 5.97. The van der Waals surface area contributed by atoms with Crippen LogP contribution in [0.2, 0.25) is 0 Å². The number of hydrogen-bond donors (Lipinski definition) is 1. The van der Waals surface area contributed by atoms with Gasteiger partial charge in [0.25, 0.3) is 5.91 Å². The minimum absolute atomic E-state index is 0.0849. The molecule has 0 saturated carbocycles. The molecule has 28 heavy (non-hydrogen) atoms. The zero-order valence-corrected chi connectivity index (χ0v) is 15.8. The number of carbonyl (C=O) groups excluding carboxylic acids is 2. The second-order valence-electron chi connectivity index (χ2n) is 6.57. The number of amides is 2. The van der Waals surface area contributed by atoms with Gasteiger partial charge in [-0.15, -0.1) is 0 Å². The predicted molar refractivity (Wildman–Crippen MR) is 103 cm³/mol. The average molecular weight is 384 g/mol. The average Bonchev–Trinajstić information content (AvgIpc) is 2.86. The molecule has 7 nitrogen and oxygen atoms in total. The van der Waals surface area contributed by atoms with E-state index in [9.17, 15) is 14.7 Å². The lowest BCUT2D eigenvalue weighted by atomic mass is 10.2. The summed E-state index contributed by atoms with van der Waals surface area (Å²) < 4.78 is 10.8. The second-order valence-corrected chi connectivity index (χ2v) is 6.57. The number of methoxy groups -OCH3 is 1. The van der Waals surface area contributed by atoms with Crippen LogP contribution in [0.15, 0.2) is 54.6 Å². The zero-order chi connectivity index (χ0) is 19.9. The molecule has 1 atom stereocenters. The van der Waals surface area contributed by atoms with Gasteiger partial charge < -0.3 is 24.4 Å². The van der Waals surface area contributed by atoms with Crippen LogP contribution in [0.25, 0.3) is 0 Å². The Bertz CT molecular complexity index is 811. The van der Waals surface area contributed by atoms with Crippen LogP contribution in [0.5, 0.6) is 11.5 Å². The lowest BCUT2D eigenvalue weighted by Crippen LogP contribution is -2.40. The molecule has 0 aromatic heterocycles. The van der Waals surface area contributed by atoms with Crippen molar-refractivity contribution in [3.63, 3.8) is 0 Å². The number of rotatable bonds is 6. The maximum Gasteiger partial charge on any atom is 0.254 e. The van der Waals surface area contributed by atoms with E-state index in [2.05, 4.69) is 0 Å². The van der Waals surface area contributed by atoms with Crippen LogP contribution in [-0.4, -0.2) is 72.7 Å². The molecule has 148 valence electrons. The van der Waals surface area contributed by atoms with Crippen molar-refractivity contribution in [3.8, 4) is 11.5 Å². The van der Waals surface area contributed by atoms with E-state index in [4.69, 9.17) is 9.47 Å². The third-order valence-electron chi connectivity index (χ3n) is 4.52. The second kappa shape index (κ2) is 9.23. The summed E-state index contributed by atoms with van der Waals surface area (Å²) in [6.07, 6.45) is -0.822. The third-order valence-corrected chi connectivity index (χ3v) is 4.52. The number of aliphatic hydroxyl groups excluding tert-OH is 1. The molecule has 0 bridgehead atoms. The zero-order valence-electron chi connectivity index (χ0n) is 15.8. The molecule has 1 saturated heterocycles. The predicted octanol–water partition coefficient (Wildman–Crippen LogP) is 1.42. The molecule has 1 aliphatic heterocycles. The van der Waals surface area contributed by atoms with E-state index >= 15 is 0 Å². The highest BCUT2D eigenvalue weighted by Gasteiger charge is 2.30. The molecule has 0 aliphatic carbocycles. The first-order valence-corrected chi connectivity index (χ1v) is 9.14. The molecule has 1 unspecified atom stereocenters. The van der Waals surface area contributed by atoms with E-state index in [1.54, 1.807) is 24.3 Å². The van der Waals surface area contributed by atoms with E-state index in [-0.39, 0.29) is 31.4 Å². The maximum absolute atomic E-state index is 12.8. The third kappa shape index (κ3) is 5.01. The van der Waals surface area contributed by atoms with Crippen molar-refractivity contribution in [2.45, 2.75) is 6.10 Å². The summed E-state index contributed by atoms with van der Waals surface area (Å²) in [7, 11) is 1.53. The number of aliphatic hydroxyl groups is 1. The standard InChI is InChI=1S/C21H24N2O5/c1-27-19-9-5-6-16(12-19)21(26)23-14-17(24)13-22(20(25)15-23)10-11-28-18-7-3-2-4-8-18/h2-9,12,17,24H,10-11,13-15H2,1H3. The van der Waals surface area contributed by atoms with Crippen LogP contribution in [0.3, 0.4) is 0 Å². The monoisotopic (exact) mass is 384 g/mol. The highest BCUT2D eigenvalue weighted by atomic mass is 16.5. The summed E-state index contributed by atoms with van der Waals surface area (Å²) in [6, 6.07) is 16.1. The number of carbonyl (C=O) groups is 2. The number of para-hydroxylation sites is 1. The highest BCUT2D eigenvalue weighted by Crippen LogP contribution is 2.16. The Morgan fingerprint density at radius 1 is 1.11 bits per heavy atom. The molecule has 2 amide bonds.